The van der Waals surface area contributed by atoms with E-state index < -0.39 is 0 Å². The Bertz CT molecular complexity index is 541. The summed E-state index contributed by atoms with van der Waals surface area (Å²) in [5.74, 6) is 1.66. The summed E-state index contributed by atoms with van der Waals surface area (Å²) in [6.07, 6.45) is 4.67. The highest BCUT2D eigenvalue weighted by Gasteiger charge is 2.37. The average Bonchev–Trinajstić information content (AvgIpc) is 3.26. The van der Waals surface area contributed by atoms with E-state index in [1.807, 2.05) is 42.6 Å². The second-order valence-corrected chi connectivity index (χ2v) is 5.01. The molecule has 1 heterocycles. The van der Waals surface area contributed by atoms with Gasteiger partial charge in [0.1, 0.15) is 12.4 Å². The maximum Gasteiger partial charge on any atom is 0.138 e. The Morgan fingerprint density at radius 3 is 2.79 bits per heavy atom. The van der Waals surface area contributed by atoms with Crippen molar-refractivity contribution in [3.05, 3.63) is 59.9 Å². The van der Waals surface area contributed by atoms with Crippen molar-refractivity contribution in [3.8, 4) is 5.75 Å². The SMILES string of the molecule is OC[C@@H]1C[C@@H]1c1cncc(OCc2ccccc2)c1. The van der Waals surface area contributed by atoms with Crippen molar-refractivity contribution in [2.45, 2.75) is 18.9 Å². The zero-order chi connectivity index (χ0) is 13.1. The molecule has 0 radical (unpaired) electrons. The van der Waals surface area contributed by atoms with Gasteiger partial charge in [-0.1, -0.05) is 30.3 Å². The number of aliphatic hydroxyl groups excluding tert-OH is 1. The number of aliphatic hydroxyl groups is 1. The normalized spacial score (nSPS) is 21.1. The minimum Gasteiger partial charge on any atom is -0.487 e. The monoisotopic (exact) mass is 255 g/mol. The zero-order valence-corrected chi connectivity index (χ0v) is 10.7. The molecule has 1 aromatic heterocycles. The first kappa shape index (κ1) is 12.2. The minimum atomic E-state index is 0.264. The molecule has 0 saturated heterocycles. The molecule has 1 aliphatic rings. The van der Waals surface area contributed by atoms with E-state index in [4.69, 9.17) is 9.84 Å². The summed E-state index contributed by atoms with van der Waals surface area (Å²) in [7, 11) is 0. The quantitative estimate of drug-likeness (QED) is 0.893. The third kappa shape index (κ3) is 2.93. The van der Waals surface area contributed by atoms with Crippen molar-refractivity contribution in [1.82, 2.24) is 4.98 Å². The largest absolute Gasteiger partial charge is 0.487 e. The van der Waals surface area contributed by atoms with Gasteiger partial charge in [0.15, 0.2) is 0 Å². The summed E-state index contributed by atoms with van der Waals surface area (Å²) in [6, 6.07) is 12.1. The average molecular weight is 255 g/mol. The van der Waals surface area contributed by atoms with E-state index in [-0.39, 0.29) is 6.61 Å². The number of nitrogens with zero attached hydrogens (tertiary/aromatic N) is 1. The molecule has 3 heteroatoms. The standard InChI is InChI=1S/C16H17NO2/c18-10-14-7-16(14)13-6-15(9-17-8-13)19-11-12-4-2-1-3-5-12/h1-6,8-9,14,16,18H,7,10-11H2/t14-,16+/m0/s1. The van der Waals surface area contributed by atoms with Crippen LogP contribution in [-0.2, 0) is 6.61 Å². The highest BCUT2D eigenvalue weighted by Crippen LogP contribution is 2.47. The summed E-state index contributed by atoms with van der Waals surface area (Å²) in [5.41, 5.74) is 2.32. The van der Waals surface area contributed by atoms with E-state index in [9.17, 15) is 0 Å². The molecular formula is C16H17NO2. The minimum absolute atomic E-state index is 0.264. The Kier molecular flexibility index (Phi) is 3.47. The van der Waals surface area contributed by atoms with E-state index in [0.29, 0.717) is 18.4 Å². The Balaban J connectivity index is 1.64. The van der Waals surface area contributed by atoms with Crippen LogP contribution in [0.1, 0.15) is 23.5 Å². The van der Waals surface area contributed by atoms with Gasteiger partial charge in [0, 0.05) is 12.8 Å². The molecule has 1 saturated carbocycles. The summed E-state index contributed by atoms with van der Waals surface area (Å²) in [5, 5.41) is 9.11. The predicted molar refractivity (Wildman–Crippen MR) is 72.9 cm³/mol. The predicted octanol–water partition coefficient (Wildman–Crippen LogP) is 2.76. The fourth-order valence-electron chi connectivity index (χ4n) is 2.32. The van der Waals surface area contributed by atoms with Crippen molar-refractivity contribution in [1.29, 1.82) is 0 Å². The molecule has 0 bridgehead atoms. The number of aromatic nitrogens is 1. The fourth-order valence-corrected chi connectivity index (χ4v) is 2.32. The van der Waals surface area contributed by atoms with Gasteiger partial charge < -0.3 is 9.84 Å². The Labute approximate surface area is 112 Å². The van der Waals surface area contributed by atoms with Crippen molar-refractivity contribution in [2.75, 3.05) is 6.61 Å². The van der Waals surface area contributed by atoms with Gasteiger partial charge in [-0.15, -0.1) is 0 Å². The van der Waals surface area contributed by atoms with Gasteiger partial charge in [0.05, 0.1) is 6.20 Å². The maximum atomic E-state index is 9.11. The first-order chi connectivity index (χ1) is 9.36. The molecule has 1 aromatic carbocycles. The summed E-state index contributed by atoms with van der Waals surface area (Å²) in [4.78, 5) is 4.22. The number of pyridine rings is 1. The van der Waals surface area contributed by atoms with Crippen molar-refractivity contribution in [2.24, 2.45) is 5.92 Å². The number of hydrogen-bond donors (Lipinski definition) is 1. The van der Waals surface area contributed by atoms with Crippen LogP contribution in [0, 0.1) is 5.92 Å². The lowest BCUT2D eigenvalue weighted by Crippen LogP contribution is -1.97. The number of rotatable bonds is 5. The summed E-state index contributed by atoms with van der Waals surface area (Å²) < 4.78 is 5.75. The van der Waals surface area contributed by atoms with Crippen LogP contribution in [0.15, 0.2) is 48.8 Å². The van der Waals surface area contributed by atoms with Gasteiger partial charge in [-0.25, -0.2) is 0 Å². The van der Waals surface area contributed by atoms with Crippen molar-refractivity contribution >= 4 is 0 Å². The smallest absolute Gasteiger partial charge is 0.138 e. The zero-order valence-electron chi connectivity index (χ0n) is 10.7. The summed E-state index contributed by atoms with van der Waals surface area (Å²) in [6.45, 7) is 0.819. The summed E-state index contributed by atoms with van der Waals surface area (Å²) >= 11 is 0. The van der Waals surface area contributed by atoms with Gasteiger partial charge >= 0.3 is 0 Å². The maximum absolute atomic E-state index is 9.11. The van der Waals surface area contributed by atoms with Gasteiger partial charge in [-0.3, -0.25) is 4.98 Å². The molecule has 1 fully saturated rings. The third-order valence-electron chi connectivity index (χ3n) is 3.57. The van der Waals surface area contributed by atoms with Crippen LogP contribution < -0.4 is 4.74 Å². The highest BCUT2D eigenvalue weighted by molar-refractivity contribution is 5.30. The van der Waals surface area contributed by atoms with Crippen molar-refractivity contribution in [3.63, 3.8) is 0 Å². The van der Waals surface area contributed by atoms with Crippen LogP contribution in [0.4, 0.5) is 0 Å². The van der Waals surface area contributed by atoms with E-state index in [2.05, 4.69) is 4.98 Å². The van der Waals surface area contributed by atoms with Crippen LogP contribution >= 0.6 is 0 Å². The molecule has 1 N–H and O–H groups in total. The highest BCUT2D eigenvalue weighted by atomic mass is 16.5. The number of benzene rings is 1. The van der Waals surface area contributed by atoms with Gasteiger partial charge in [0.2, 0.25) is 0 Å². The van der Waals surface area contributed by atoms with Crippen LogP contribution in [-0.4, -0.2) is 16.7 Å². The van der Waals surface area contributed by atoms with Gasteiger partial charge in [-0.2, -0.15) is 0 Å². The number of hydrogen-bond acceptors (Lipinski definition) is 3. The lowest BCUT2D eigenvalue weighted by molar-refractivity contribution is 0.273. The van der Waals surface area contributed by atoms with Crippen LogP contribution in [0.5, 0.6) is 5.75 Å². The van der Waals surface area contributed by atoms with Crippen LogP contribution in [0.2, 0.25) is 0 Å². The molecule has 0 aliphatic heterocycles. The van der Waals surface area contributed by atoms with E-state index in [1.54, 1.807) is 6.20 Å². The third-order valence-corrected chi connectivity index (χ3v) is 3.57. The molecule has 3 rings (SSSR count). The molecule has 2 aromatic rings. The lowest BCUT2D eigenvalue weighted by atomic mass is 10.1. The molecule has 0 spiro atoms. The first-order valence-electron chi connectivity index (χ1n) is 6.59. The molecule has 2 atom stereocenters. The molecule has 98 valence electrons. The lowest BCUT2D eigenvalue weighted by Gasteiger charge is -2.07. The topological polar surface area (TPSA) is 42.4 Å². The first-order valence-corrected chi connectivity index (χ1v) is 6.59. The molecular weight excluding hydrogens is 238 g/mol. The van der Waals surface area contributed by atoms with E-state index in [1.165, 1.54) is 5.56 Å². The number of ether oxygens (including phenoxy) is 1. The Morgan fingerprint density at radius 1 is 1.21 bits per heavy atom. The molecule has 0 unspecified atom stereocenters. The Hall–Kier alpha value is -1.87. The van der Waals surface area contributed by atoms with E-state index >= 15 is 0 Å². The van der Waals surface area contributed by atoms with Gasteiger partial charge in [0.25, 0.3) is 0 Å². The van der Waals surface area contributed by atoms with Gasteiger partial charge in [-0.05, 0) is 35.4 Å². The van der Waals surface area contributed by atoms with Crippen LogP contribution in [0.25, 0.3) is 0 Å². The second-order valence-electron chi connectivity index (χ2n) is 5.01. The second kappa shape index (κ2) is 5.41. The van der Waals surface area contributed by atoms with E-state index in [0.717, 1.165) is 17.7 Å². The van der Waals surface area contributed by atoms with Crippen molar-refractivity contribution < 1.29 is 9.84 Å². The fraction of sp³-hybridized carbons (Fsp3) is 0.312. The Morgan fingerprint density at radius 2 is 2.05 bits per heavy atom. The molecule has 3 nitrogen and oxygen atoms in total. The molecule has 0 amide bonds. The van der Waals surface area contributed by atoms with Crippen LogP contribution in [0.3, 0.4) is 0 Å². The molecule has 19 heavy (non-hydrogen) atoms. The molecule has 1 aliphatic carbocycles.